The van der Waals surface area contributed by atoms with E-state index in [-0.39, 0.29) is 17.8 Å². The minimum Gasteiger partial charge on any atom is -0.488 e. The highest BCUT2D eigenvalue weighted by molar-refractivity contribution is 7.89. The predicted octanol–water partition coefficient (Wildman–Crippen LogP) is 3.31. The maximum absolute atomic E-state index is 13.2. The van der Waals surface area contributed by atoms with Gasteiger partial charge in [-0.25, -0.2) is 18.4 Å². The standard InChI is InChI=1S/C25H30N6O3S/c1-30(25-22-10-12-27-24(22)28-17-29-25)20-8-6-18(7-9-20)16-35(32,33)31-13-11-21(15-31)34-23-5-3-2-4-19(23)14-26/h2-5,10,12,17-18,20-21H,6-9,11,13,15-16H2,1H3,(H,27,28,29)/t18?,20?,21-/m0/s1. The number of ether oxygens (including phenoxy) is 1. The molecule has 1 saturated heterocycles. The molecule has 1 aromatic carbocycles. The summed E-state index contributed by atoms with van der Waals surface area (Å²) in [6, 6.07) is 11.5. The average Bonchev–Trinajstić information content (AvgIpc) is 3.54. The van der Waals surface area contributed by atoms with Crippen molar-refractivity contribution < 1.29 is 13.2 Å². The van der Waals surface area contributed by atoms with Gasteiger partial charge in [0.2, 0.25) is 10.0 Å². The van der Waals surface area contributed by atoms with E-state index in [1.807, 2.05) is 18.3 Å². The number of H-pyrrole nitrogens is 1. The van der Waals surface area contributed by atoms with E-state index in [0.29, 0.717) is 36.9 Å². The summed E-state index contributed by atoms with van der Waals surface area (Å²) >= 11 is 0. The molecule has 1 saturated carbocycles. The molecule has 184 valence electrons. The fraction of sp³-hybridized carbons (Fsp3) is 0.480. The molecule has 1 N–H and O–H groups in total. The van der Waals surface area contributed by atoms with Crippen molar-refractivity contribution in [1.82, 2.24) is 19.3 Å². The van der Waals surface area contributed by atoms with Crippen molar-refractivity contribution in [3.8, 4) is 11.8 Å². The van der Waals surface area contributed by atoms with E-state index in [1.54, 1.807) is 28.8 Å². The molecule has 2 aromatic heterocycles. The average molecular weight is 495 g/mol. The van der Waals surface area contributed by atoms with Crippen LogP contribution in [0.2, 0.25) is 0 Å². The lowest BCUT2D eigenvalue weighted by Gasteiger charge is -2.35. The first-order chi connectivity index (χ1) is 16.9. The maximum Gasteiger partial charge on any atom is 0.214 e. The Morgan fingerprint density at radius 1 is 1.17 bits per heavy atom. The van der Waals surface area contributed by atoms with Gasteiger partial charge in [0, 0.05) is 25.8 Å². The summed E-state index contributed by atoms with van der Waals surface area (Å²) in [5.41, 5.74) is 1.29. The molecule has 2 fully saturated rings. The second-order valence-corrected chi connectivity index (χ2v) is 11.5. The number of rotatable bonds is 7. The molecule has 3 aromatic rings. The van der Waals surface area contributed by atoms with Gasteiger partial charge in [0.05, 0.1) is 23.2 Å². The Balaban J connectivity index is 1.15. The number of hydrogen-bond donors (Lipinski definition) is 1. The molecule has 10 heteroatoms. The zero-order valence-corrected chi connectivity index (χ0v) is 20.6. The number of aromatic nitrogens is 3. The van der Waals surface area contributed by atoms with Gasteiger partial charge in [-0.1, -0.05) is 12.1 Å². The summed E-state index contributed by atoms with van der Waals surface area (Å²) in [6.07, 6.45) is 7.46. The molecule has 0 unspecified atom stereocenters. The van der Waals surface area contributed by atoms with E-state index in [0.717, 1.165) is 42.5 Å². The van der Waals surface area contributed by atoms with Gasteiger partial charge in [-0.2, -0.15) is 9.57 Å². The summed E-state index contributed by atoms with van der Waals surface area (Å²) < 4.78 is 33.9. The highest BCUT2D eigenvalue weighted by Gasteiger charge is 2.36. The van der Waals surface area contributed by atoms with Gasteiger partial charge in [-0.3, -0.25) is 0 Å². The number of nitrogens with zero attached hydrogens (tertiary/aromatic N) is 5. The molecule has 0 bridgehead atoms. The van der Waals surface area contributed by atoms with Crippen molar-refractivity contribution in [3.63, 3.8) is 0 Å². The van der Waals surface area contributed by atoms with Crippen LogP contribution in [0.4, 0.5) is 5.82 Å². The quantitative estimate of drug-likeness (QED) is 0.536. The Kier molecular flexibility index (Phi) is 6.62. The third-order valence-corrected chi connectivity index (χ3v) is 9.29. The lowest BCUT2D eigenvalue weighted by Crippen LogP contribution is -2.39. The summed E-state index contributed by atoms with van der Waals surface area (Å²) in [5, 5.41) is 10.3. The van der Waals surface area contributed by atoms with Crippen LogP contribution >= 0.6 is 0 Å². The second-order valence-electron chi connectivity index (χ2n) is 9.50. The molecule has 0 spiro atoms. The van der Waals surface area contributed by atoms with Crippen LogP contribution in [0.5, 0.6) is 5.75 Å². The summed E-state index contributed by atoms with van der Waals surface area (Å²) in [7, 11) is -1.30. The van der Waals surface area contributed by atoms with Crippen LogP contribution < -0.4 is 9.64 Å². The number of sulfonamides is 1. The molecule has 3 heterocycles. The van der Waals surface area contributed by atoms with Crippen LogP contribution in [0.3, 0.4) is 0 Å². The lowest BCUT2D eigenvalue weighted by molar-refractivity contribution is 0.214. The van der Waals surface area contributed by atoms with Crippen molar-refractivity contribution in [2.75, 3.05) is 30.8 Å². The van der Waals surface area contributed by atoms with Crippen molar-refractivity contribution >= 4 is 26.9 Å². The Hall–Kier alpha value is -3.16. The Bertz CT molecular complexity index is 1330. The largest absolute Gasteiger partial charge is 0.488 e. The summed E-state index contributed by atoms with van der Waals surface area (Å²) in [4.78, 5) is 14.1. The highest BCUT2D eigenvalue weighted by Crippen LogP contribution is 2.33. The number of para-hydroxylation sites is 1. The first kappa shape index (κ1) is 23.6. The van der Waals surface area contributed by atoms with Crippen LogP contribution in [0.15, 0.2) is 42.9 Å². The van der Waals surface area contributed by atoms with E-state index in [4.69, 9.17) is 4.74 Å². The van der Waals surface area contributed by atoms with Crippen molar-refractivity contribution in [2.45, 2.75) is 44.2 Å². The zero-order chi connectivity index (χ0) is 24.4. The fourth-order valence-corrected chi connectivity index (χ4v) is 7.22. The van der Waals surface area contributed by atoms with Gasteiger partial charge < -0.3 is 14.6 Å². The third-order valence-electron chi connectivity index (χ3n) is 7.28. The molecule has 1 atom stereocenters. The first-order valence-electron chi connectivity index (χ1n) is 12.1. The molecule has 1 aliphatic heterocycles. The zero-order valence-electron chi connectivity index (χ0n) is 19.8. The third kappa shape index (κ3) is 4.97. The minimum atomic E-state index is -3.36. The Morgan fingerprint density at radius 3 is 2.77 bits per heavy atom. The van der Waals surface area contributed by atoms with Gasteiger partial charge >= 0.3 is 0 Å². The molecule has 2 aliphatic rings. The van der Waals surface area contributed by atoms with E-state index in [2.05, 4.69) is 33.0 Å². The lowest BCUT2D eigenvalue weighted by atomic mass is 9.86. The normalized spacial score (nSPS) is 23.3. The molecule has 35 heavy (non-hydrogen) atoms. The molecule has 5 rings (SSSR count). The molecular weight excluding hydrogens is 464 g/mol. The number of nitrogens with one attached hydrogen (secondary N) is 1. The first-order valence-corrected chi connectivity index (χ1v) is 13.7. The topological polar surface area (TPSA) is 115 Å². The van der Waals surface area contributed by atoms with Crippen LogP contribution in [0.25, 0.3) is 11.0 Å². The van der Waals surface area contributed by atoms with E-state index in [1.165, 1.54) is 0 Å². The van der Waals surface area contributed by atoms with Crippen LogP contribution in [0.1, 0.15) is 37.7 Å². The van der Waals surface area contributed by atoms with E-state index >= 15 is 0 Å². The Labute approximate surface area is 205 Å². The number of anilines is 1. The van der Waals surface area contributed by atoms with Gasteiger partial charge in [-0.05, 0) is 56.2 Å². The SMILES string of the molecule is CN(c1ncnc2[nH]ccc12)C1CCC(CS(=O)(=O)N2CC[C@H](Oc3ccccc3C#N)C2)CC1. The Morgan fingerprint density at radius 2 is 1.97 bits per heavy atom. The van der Waals surface area contributed by atoms with Gasteiger partial charge in [0.15, 0.2) is 0 Å². The predicted molar refractivity (Wildman–Crippen MR) is 134 cm³/mol. The molecule has 1 aliphatic carbocycles. The van der Waals surface area contributed by atoms with Crippen molar-refractivity contribution in [2.24, 2.45) is 5.92 Å². The fourth-order valence-electron chi connectivity index (χ4n) is 5.30. The number of hydrogen-bond acceptors (Lipinski definition) is 7. The van der Waals surface area contributed by atoms with E-state index in [9.17, 15) is 13.7 Å². The van der Waals surface area contributed by atoms with Gasteiger partial charge in [0.25, 0.3) is 0 Å². The monoisotopic (exact) mass is 494 g/mol. The van der Waals surface area contributed by atoms with E-state index < -0.39 is 10.0 Å². The number of fused-ring (bicyclic) bond motifs is 1. The smallest absolute Gasteiger partial charge is 0.214 e. The van der Waals surface area contributed by atoms with Crippen molar-refractivity contribution in [1.29, 1.82) is 5.26 Å². The second kappa shape index (κ2) is 9.84. The number of benzene rings is 1. The van der Waals surface area contributed by atoms with Crippen molar-refractivity contribution in [3.05, 3.63) is 48.4 Å². The van der Waals surface area contributed by atoms with Crippen LogP contribution in [-0.2, 0) is 10.0 Å². The summed E-state index contributed by atoms with van der Waals surface area (Å²) in [6.45, 7) is 0.792. The minimum absolute atomic E-state index is 0.154. The molecule has 0 radical (unpaired) electrons. The van der Waals surface area contributed by atoms with Crippen LogP contribution in [0, 0.1) is 17.2 Å². The molecular formula is C25H30N6O3S. The number of aromatic amines is 1. The number of nitriles is 1. The van der Waals surface area contributed by atoms with Crippen LogP contribution in [-0.4, -0.2) is 65.7 Å². The maximum atomic E-state index is 13.2. The van der Waals surface area contributed by atoms with Gasteiger partial charge in [0.1, 0.15) is 35.7 Å². The van der Waals surface area contributed by atoms with Gasteiger partial charge in [-0.15, -0.1) is 0 Å². The highest BCUT2D eigenvalue weighted by atomic mass is 32.2. The molecule has 0 amide bonds. The summed E-state index contributed by atoms with van der Waals surface area (Å²) in [5.74, 6) is 1.76. The molecule has 9 nitrogen and oxygen atoms in total.